The molecule has 0 radical (unpaired) electrons. The van der Waals surface area contributed by atoms with Crippen molar-refractivity contribution in [3.8, 4) is 0 Å². The van der Waals surface area contributed by atoms with E-state index in [4.69, 9.17) is 10.8 Å². The Morgan fingerprint density at radius 3 is 2.50 bits per heavy atom. The summed E-state index contributed by atoms with van der Waals surface area (Å²) in [6, 6.07) is -1.29. The number of carbonyl (C=O) groups excluding carboxylic acids is 1. The van der Waals surface area contributed by atoms with Crippen LogP contribution in [0.15, 0.2) is 0 Å². The van der Waals surface area contributed by atoms with Crippen LogP contribution in [0.25, 0.3) is 0 Å². The van der Waals surface area contributed by atoms with Crippen molar-refractivity contribution in [3.63, 3.8) is 0 Å². The molecule has 0 spiro atoms. The van der Waals surface area contributed by atoms with Crippen LogP contribution in [0.1, 0.15) is 33.1 Å². The van der Waals surface area contributed by atoms with Gasteiger partial charge in [0.15, 0.2) is 0 Å². The number of carbonyl (C=O) groups is 2. The van der Waals surface area contributed by atoms with Crippen LogP contribution in [0.2, 0.25) is 0 Å². The van der Waals surface area contributed by atoms with Crippen LogP contribution >= 0.6 is 0 Å². The van der Waals surface area contributed by atoms with E-state index in [9.17, 15) is 9.59 Å². The van der Waals surface area contributed by atoms with Gasteiger partial charge in [-0.3, -0.25) is 4.79 Å². The third-order valence-corrected chi connectivity index (χ3v) is 3.07. The van der Waals surface area contributed by atoms with Gasteiger partial charge in [-0.2, -0.15) is 0 Å². The lowest BCUT2D eigenvalue weighted by Gasteiger charge is -2.35. The predicted molar refractivity (Wildman–Crippen MR) is 59.8 cm³/mol. The van der Waals surface area contributed by atoms with E-state index in [-0.39, 0.29) is 11.8 Å². The van der Waals surface area contributed by atoms with E-state index in [1.54, 1.807) is 0 Å². The largest absolute Gasteiger partial charge is 0.480 e. The molecule has 0 aliphatic carbocycles. The molecule has 1 saturated heterocycles. The number of nitrogens with two attached hydrogens (primary N) is 1. The first-order chi connectivity index (χ1) is 7.45. The molecule has 0 aromatic rings. The molecule has 0 aromatic carbocycles. The van der Waals surface area contributed by atoms with Crippen LogP contribution in [0, 0.1) is 5.92 Å². The molecule has 5 nitrogen and oxygen atoms in total. The molecule has 1 rings (SSSR count). The van der Waals surface area contributed by atoms with E-state index in [0.717, 1.165) is 12.8 Å². The van der Waals surface area contributed by atoms with Crippen molar-refractivity contribution in [2.45, 2.75) is 45.2 Å². The van der Waals surface area contributed by atoms with Crippen LogP contribution in [0.4, 0.5) is 0 Å². The van der Waals surface area contributed by atoms with E-state index < -0.39 is 18.1 Å². The van der Waals surface area contributed by atoms with Crippen molar-refractivity contribution < 1.29 is 14.7 Å². The highest BCUT2D eigenvalue weighted by Gasteiger charge is 2.34. The topological polar surface area (TPSA) is 83.6 Å². The minimum absolute atomic E-state index is 0.0314. The Bertz CT molecular complexity index is 278. The Kier molecular flexibility index (Phi) is 4.29. The molecule has 2 atom stereocenters. The molecule has 1 amide bonds. The minimum Gasteiger partial charge on any atom is -0.480 e. The summed E-state index contributed by atoms with van der Waals surface area (Å²) >= 11 is 0. The quantitative estimate of drug-likeness (QED) is 0.734. The molecule has 3 N–H and O–H groups in total. The number of hydrogen-bond acceptors (Lipinski definition) is 3. The van der Waals surface area contributed by atoms with Crippen LogP contribution in [0.5, 0.6) is 0 Å². The number of piperidine rings is 1. The van der Waals surface area contributed by atoms with Gasteiger partial charge in [-0.1, -0.05) is 13.8 Å². The number of likely N-dealkylation sites (tertiary alicyclic amines) is 1. The van der Waals surface area contributed by atoms with Gasteiger partial charge in [0.05, 0.1) is 6.04 Å². The maximum Gasteiger partial charge on any atom is 0.326 e. The summed E-state index contributed by atoms with van der Waals surface area (Å²) in [5, 5.41) is 9.04. The average Bonchev–Trinajstić information content (AvgIpc) is 2.26. The molecule has 0 bridgehead atoms. The molecular weight excluding hydrogens is 208 g/mol. The van der Waals surface area contributed by atoms with E-state index >= 15 is 0 Å². The second-order valence-corrected chi connectivity index (χ2v) is 4.65. The number of rotatable bonds is 3. The Balaban J connectivity index is 2.75. The predicted octanol–water partition coefficient (Wildman–Crippen LogP) is 0.435. The van der Waals surface area contributed by atoms with Gasteiger partial charge < -0.3 is 15.7 Å². The number of carboxylic acids is 1. The molecule has 1 fully saturated rings. The van der Waals surface area contributed by atoms with Crippen molar-refractivity contribution >= 4 is 11.9 Å². The van der Waals surface area contributed by atoms with Crippen LogP contribution in [-0.2, 0) is 9.59 Å². The molecule has 5 heteroatoms. The van der Waals surface area contributed by atoms with Gasteiger partial charge in [0.25, 0.3) is 0 Å². The maximum atomic E-state index is 12.0. The Morgan fingerprint density at radius 2 is 2.00 bits per heavy atom. The monoisotopic (exact) mass is 228 g/mol. The number of carboxylic acid groups (broad SMARTS) is 1. The van der Waals surface area contributed by atoms with Gasteiger partial charge in [0.2, 0.25) is 5.91 Å². The van der Waals surface area contributed by atoms with Gasteiger partial charge in [0, 0.05) is 6.54 Å². The van der Waals surface area contributed by atoms with E-state index in [0.29, 0.717) is 13.0 Å². The summed E-state index contributed by atoms with van der Waals surface area (Å²) in [5.41, 5.74) is 5.77. The Hall–Kier alpha value is -1.10. The summed E-state index contributed by atoms with van der Waals surface area (Å²) < 4.78 is 0. The zero-order valence-corrected chi connectivity index (χ0v) is 9.85. The average molecular weight is 228 g/mol. The normalized spacial score (nSPS) is 23.2. The summed E-state index contributed by atoms with van der Waals surface area (Å²) in [4.78, 5) is 24.4. The molecular formula is C11H20N2O3. The fraction of sp³-hybridized carbons (Fsp3) is 0.818. The molecule has 0 unspecified atom stereocenters. The third kappa shape index (κ3) is 2.72. The molecule has 92 valence electrons. The Labute approximate surface area is 95.6 Å². The lowest BCUT2D eigenvalue weighted by molar-refractivity contribution is -0.153. The molecule has 1 aliphatic heterocycles. The zero-order valence-electron chi connectivity index (χ0n) is 9.85. The number of nitrogens with zero attached hydrogens (tertiary/aromatic N) is 1. The number of hydrogen-bond donors (Lipinski definition) is 2. The van der Waals surface area contributed by atoms with Gasteiger partial charge in [-0.15, -0.1) is 0 Å². The van der Waals surface area contributed by atoms with Gasteiger partial charge >= 0.3 is 5.97 Å². The first kappa shape index (κ1) is 13.0. The lowest BCUT2D eigenvalue weighted by atomic mass is 9.98. The SMILES string of the molecule is CC(C)[C@H](N)C(=O)N1CCCC[C@@H]1C(=O)O. The van der Waals surface area contributed by atoms with E-state index in [2.05, 4.69) is 0 Å². The van der Waals surface area contributed by atoms with Crippen molar-refractivity contribution in [2.24, 2.45) is 11.7 Å². The third-order valence-electron chi connectivity index (χ3n) is 3.07. The number of aliphatic carboxylic acids is 1. The maximum absolute atomic E-state index is 12.0. The van der Waals surface area contributed by atoms with Crippen molar-refractivity contribution in [1.82, 2.24) is 4.90 Å². The van der Waals surface area contributed by atoms with Crippen LogP contribution < -0.4 is 5.73 Å². The van der Waals surface area contributed by atoms with Crippen molar-refractivity contribution in [1.29, 1.82) is 0 Å². The van der Waals surface area contributed by atoms with Crippen LogP contribution in [0.3, 0.4) is 0 Å². The molecule has 0 aromatic heterocycles. The standard InChI is InChI=1S/C11H20N2O3/c1-7(2)9(12)10(14)13-6-4-3-5-8(13)11(15)16/h7-9H,3-6,12H2,1-2H3,(H,15,16)/t8-,9+/m1/s1. The molecule has 16 heavy (non-hydrogen) atoms. The highest BCUT2D eigenvalue weighted by atomic mass is 16.4. The highest BCUT2D eigenvalue weighted by molar-refractivity contribution is 5.87. The van der Waals surface area contributed by atoms with E-state index in [1.807, 2.05) is 13.8 Å². The lowest BCUT2D eigenvalue weighted by Crippen LogP contribution is -2.54. The van der Waals surface area contributed by atoms with Gasteiger partial charge in [-0.25, -0.2) is 4.79 Å². The molecule has 1 heterocycles. The smallest absolute Gasteiger partial charge is 0.326 e. The van der Waals surface area contributed by atoms with E-state index in [1.165, 1.54) is 4.90 Å². The second-order valence-electron chi connectivity index (χ2n) is 4.65. The summed E-state index contributed by atoms with van der Waals surface area (Å²) in [6.45, 7) is 4.24. The molecule has 1 aliphatic rings. The number of amides is 1. The van der Waals surface area contributed by atoms with Gasteiger partial charge in [-0.05, 0) is 25.2 Å². The van der Waals surface area contributed by atoms with Gasteiger partial charge in [0.1, 0.15) is 6.04 Å². The van der Waals surface area contributed by atoms with Crippen molar-refractivity contribution in [3.05, 3.63) is 0 Å². The highest BCUT2D eigenvalue weighted by Crippen LogP contribution is 2.19. The summed E-state index contributed by atoms with van der Waals surface area (Å²) in [7, 11) is 0. The summed E-state index contributed by atoms with van der Waals surface area (Å²) in [6.07, 6.45) is 2.25. The summed E-state index contributed by atoms with van der Waals surface area (Å²) in [5.74, 6) is -1.13. The molecule has 0 saturated carbocycles. The Morgan fingerprint density at radius 1 is 1.38 bits per heavy atom. The van der Waals surface area contributed by atoms with Crippen molar-refractivity contribution in [2.75, 3.05) is 6.54 Å². The second kappa shape index (κ2) is 5.30. The minimum atomic E-state index is -0.927. The fourth-order valence-corrected chi connectivity index (χ4v) is 1.93. The first-order valence-electron chi connectivity index (χ1n) is 5.74. The zero-order chi connectivity index (χ0) is 12.3. The first-order valence-corrected chi connectivity index (χ1v) is 5.74. The fourth-order valence-electron chi connectivity index (χ4n) is 1.93. The van der Waals surface area contributed by atoms with Crippen LogP contribution in [-0.4, -0.2) is 40.5 Å².